The SMILES string of the molecule is CC(C)(C)c1nc2ccc(Br)cn2n1. The lowest BCUT2D eigenvalue weighted by molar-refractivity contribution is 0.545. The van der Waals surface area contributed by atoms with Crippen LogP contribution in [-0.2, 0) is 5.41 Å². The normalized spacial score (nSPS) is 12.3. The highest BCUT2D eigenvalue weighted by Gasteiger charge is 2.19. The molecule has 2 aromatic heterocycles. The Hall–Kier alpha value is -0.900. The van der Waals surface area contributed by atoms with Gasteiger partial charge in [0.25, 0.3) is 0 Å². The van der Waals surface area contributed by atoms with Gasteiger partial charge in [-0.05, 0) is 28.1 Å². The number of fused-ring (bicyclic) bond motifs is 1. The molecule has 4 heteroatoms. The van der Waals surface area contributed by atoms with Crippen molar-refractivity contribution in [3.05, 3.63) is 28.6 Å². The highest BCUT2D eigenvalue weighted by Crippen LogP contribution is 2.19. The zero-order valence-corrected chi connectivity index (χ0v) is 10.0. The number of hydrogen-bond acceptors (Lipinski definition) is 2. The maximum Gasteiger partial charge on any atom is 0.157 e. The first kappa shape index (κ1) is 9.65. The Morgan fingerprint density at radius 1 is 1.29 bits per heavy atom. The molecule has 2 heterocycles. The van der Waals surface area contributed by atoms with Gasteiger partial charge >= 0.3 is 0 Å². The maximum absolute atomic E-state index is 4.46. The van der Waals surface area contributed by atoms with Crippen LogP contribution in [0.25, 0.3) is 5.65 Å². The summed E-state index contributed by atoms with van der Waals surface area (Å²) in [6.45, 7) is 6.32. The molecule has 0 spiro atoms. The van der Waals surface area contributed by atoms with Crippen LogP contribution in [0.4, 0.5) is 0 Å². The largest absolute Gasteiger partial charge is 0.220 e. The quantitative estimate of drug-likeness (QED) is 0.723. The Labute approximate surface area is 91.3 Å². The van der Waals surface area contributed by atoms with Crippen molar-refractivity contribution in [2.45, 2.75) is 26.2 Å². The Morgan fingerprint density at radius 2 is 2.00 bits per heavy atom. The number of aromatic nitrogens is 3. The van der Waals surface area contributed by atoms with E-state index in [4.69, 9.17) is 0 Å². The van der Waals surface area contributed by atoms with E-state index >= 15 is 0 Å². The van der Waals surface area contributed by atoms with E-state index in [1.165, 1.54) is 0 Å². The minimum absolute atomic E-state index is 0.00149. The number of hydrogen-bond donors (Lipinski definition) is 0. The van der Waals surface area contributed by atoms with Crippen LogP contribution in [0.2, 0.25) is 0 Å². The fraction of sp³-hybridized carbons (Fsp3) is 0.400. The van der Waals surface area contributed by atoms with Gasteiger partial charge in [0.05, 0.1) is 0 Å². The zero-order valence-electron chi connectivity index (χ0n) is 8.45. The summed E-state index contributed by atoms with van der Waals surface area (Å²) in [6.07, 6.45) is 1.91. The highest BCUT2D eigenvalue weighted by molar-refractivity contribution is 9.10. The van der Waals surface area contributed by atoms with Crippen molar-refractivity contribution in [1.29, 1.82) is 0 Å². The molecule has 14 heavy (non-hydrogen) atoms. The molecule has 0 saturated heterocycles. The first-order chi connectivity index (χ1) is 6.47. The van der Waals surface area contributed by atoms with Crippen LogP contribution in [0.1, 0.15) is 26.6 Å². The molecule has 0 saturated carbocycles. The van der Waals surface area contributed by atoms with Crippen LogP contribution in [-0.4, -0.2) is 14.6 Å². The van der Waals surface area contributed by atoms with Crippen LogP contribution in [0.3, 0.4) is 0 Å². The lowest BCUT2D eigenvalue weighted by Gasteiger charge is -2.11. The van der Waals surface area contributed by atoms with Crippen LogP contribution in [0, 0.1) is 0 Å². The Kier molecular flexibility index (Phi) is 2.10. The van der Waals surface area contributed by atoms with E-state index in [1.54, 1.807) is 4.52 Å². The third-order valence-corrected chi connectivity index (χ3v) is 2.43. The molecule has 2 rings (SSSR count). The fourth-order valence-corrected chi connectivity index (χ4v) is 1.50. The maximum atomic E-state index is 4.46. The molecule has 0 amide bonds. The number of nitrogens with zero attached hydrogens (tertiary/aromatic N) is 3. The van der Waals surface area contributed by atoms with E-state index < -0.39 is 0 Å². The fourth-order valence-electron chi connectivity index (χ4n) is 1.18. The summed E-state index contributed by atoms with van der Waals surface area (Å²) in [5.74, 6) is 0.871. The first-order valence-electron chi connectivity index (χ1n) is 4.49. The van der Waals surface area contributed by atoms with Gasteiger partial charge < -0.3 is 0 Å². The average molecular weight is 254 g/mol. The minimum atomic E-state index is -0.00149. The zero-order chi connectivity index (χ0) is 10.3. The van der Waals surface area contributed by atoms with E-state index in [0.29, 0.717) is 0 Å². The van der Waals surface area contributed by atoms with Gasteiger partial charge in [0.15, 0.2) is 11.5 Å². The minimum Gasteiger partial charge on any atom is -0.220 e. The summed E-state index contributed by atoms with van der Waals surface area (Å²) < 4.78 is 2.81. The van der Waals surface area contributed by atoms with Crippen molar-refractivity contribution >= 4 is 21.6 Å². The second-order valence-electron chi connectivity index (χ2n) is 4.34. The first-order valence-corrected chi connectivity index (χ1v) is 5.28. The van der Waals surface area contributed by atoms with Crippen molar-refractivity contribution in [3.8, 4) is 0 Å². The molecule has 0 aliphatic carbocycles. The van der Waals surface area contributed by atoms with E-state index in [9.17, 15) is 0 Å². The van der Waals surface area contributed by atoms with E-state index in [2.05, 4.69) is 46.8 Å². The standard InChI is InChI=1S/C10H12BrN3/c1-10(2,3)9-12-8-5-4-7(11)6-14(8)13-9/h4-6H,1-3H3. The lowest BCUT2D eigenvalue weighted by atomic mass is 9.96. The van der Waals surface area contributed by atoms with Gasteiger partial charge in [0.1, 0.15) is 0 Å². The molecule has 0 atom stereocenters. The molecule has 0 fully saturated rings. The molecular weight excluding hydrogens is 242 g/mol. The number of pyridine rings is 1. The summed E-state index contributed by atoms with van der Waals surface area (Å²) in [6, 6.07) is 3.92. The van der Waals surface area contributed by atoms with Gasteiger partial charge in [-0.3, -0.25) is 0 Å². The Bertz CT molecular complexity index is 468. The molecule has 0 aromatic carbocycles. The molecule has 0 bridgehead atoms. The third kappa shape index (κ3) is 1.66. The van der Waals surface area contributed by atoms with Crippen LogP contribution < -0.4 is 0 Å². The third-order valence-electron chi connectivity index (χ3n) is 1.97. The van der Waals surface area contributed by atoms with Gasteiger partial charge in [-0.15, -0.1) is 0 Å². The van der Waals surface area contributed by atoms with Crippen molar-refractivity contribution in [2.75, 3.05) is 0 Å². The molecule has 0 aliphatic rings. The summed E-state index contributed by atoms with van der Waals surface area (Å²) in [5.41, 5.74) is 0.886. The van der Waals surface area contributed by atoms with Gasteiger partial charge in [-0.1, -0.05) is 20.8 Å². The van der Waals surface area contributed by atoms with Gasteiger partial charge in [-0.2, -0.15) is 5.10 Å². The summed E-state index contributed by atoms with van der Waals surface area (Å²) in [4.78, 5) is 4.46. The number of rotatable bonds is 0. The Morgan fingerprint density at radius 3 is 2.64 bits per heavy atom. The Balaban J connectivity index is 2.63. The van der Waals surface area contributed by atoms with E-state index in [0.717, 1.165) is 15.9 Å². The molecule has 3 nitrogen and oxygen atoms in total. The van der Waals surface area contributed by atoms with Gasteiger partial charge in [-0.25, -0.2) is 9.50 Å². The average Bonchev–Trinajstić information content (AvgIpc) is 2.45. The van der Waals surface area contributed by atoms with E-state index in [1.807, 2.05) is 18.3 Å². The molecular formula is C10H12BrN3. The second kappa shape index (κ2) is 3.05. The van der Waals surface area contributed by atoms with Gasteiger partial charge in [0.2, 0.25) is 0 Å². The van der Waals surface area contributed by atoms with Crippen LogP contribution in [0.5, 0.6) is 0 Å². The van der Waals surface area contributed by atoms with Crippen molar-refractivity contribution in [1.82, 2.24) is 14.6 Å². The van der Waals surface area contributed by atoms with Crippen molar-refractivity contribution < 1.29 is 0 Å². The van der Waals surface area contributed by atoms with Crippen molar-refractivity contribution in [2.24, 2.45) is 0 Å². The molecule has 0 unspecified atom stereocenters. The predicted molar refractivity (Wildman–Crippen MR) is 59.4 cm³/mol. The van der Waals surface area contributed by atoms with Crippen molar-refractivity contribution in [3.63, 3.8) is 0 Å². The van der Waals surface area contributed by atoms with Gasteiger partial charge in [0, 0.05) is 16.1 Å². The topological polar surface area (TPSA) is 30.2 Å². The smallest absolute Gasteiger partial charge is 0.157 e. The van der Waals surface area contributed by atoms with Crippen LogP contribution in [0.15, 0.2) is 22.8 Å². The molecule has 0 N–H and O–H groups in total. The molecule has 0 radical (unpaired) electrons. The molecule has 2 aromatic rings. The summed E-state index contributed by atoms with van der Waals surface area (Å²) in [5, 5.41) is 4.42. The lowest BCUT2D eigenvalue weighted by Crippen LogP contribution is -2.13. The van der Waals surface area contributed by atoms with Crippen LogP contribution >= 0.6 is 15.9 Å². The molecule has 74 valence electrons. The van der Waals surface area contributed by atoms with E-state index in [-0.39, 0.29) is 5.41 Å². The molecule has 0 aliphatic heterocycles. The highest BCUT2D eigenvalue weighted by atomic mass is 79.9. The second-order valence-corrected chi connectivity index (χ2v) is 5.25. The monoisotopic (exact) mass is 253 g/mol. The summed E-state index contributed by atoms with van der Waals surface area (Å²) >= 11 is 3.40. The number of halogens is 1. The summed E-state index contributed by atoms with van der Waals surface area (Å²) in [7, 11) is 0. The predicted octanol–water partition coefficient (Wildman–Crippen LogP) is 2.79.